The summed E-state index contributed by atoms with van der Waals surface area (Å²) in [5.41, 5.74) is 1.17. The summed E-state index contributed by atoms with van der Waals surface area (Å²) in [5.74, 6) is 1.28. The molecule has 0 spiro atoms. The van der Waals surface area contributed by atoms with Crippen LogP contribution < -0.4 is 4.74 Å². The lowest BCUT2D eigenvalue weighted by Crippen LogP contribution is -2.12. The zero-order valence-electron chi connectivity index (χ0n) is 9.12. The van der Waals surface area contributed by atoms with E-state index in [1.54, 1.807) is 13.3 Å². The molecular formula is C10H17BrN2O. The first-order valence-corrected chi connectivity index (χ1v) is 5.77. The number of aromatic nitrogens is 2. The molecule has 0 saturated heterocycles. The van der Waals surface area contributed by atoms with Crippen molar-refractivity contribution in [1.82, 2.24) is 9.78 Å². The van der Waals surface area contributed by atoms with Gasteiger partial charge in [-0.1, -0.05) is 29.8 Å². The fraction of sp³-hybridized carbons (Fsp3) is 0.700. The van der Waals surface area contributed by atoms with Crippen LogP contribution in [0.4, 0.5) is 0 Å². The molecule has 1 rings (SSSR count). The van der Waals surface area contributed by atoms with Crippen LogP contribution >= 0.6 is 15.9 Å². The minimum absolute atomic E-state index is 0.396. The lowest BCUT2D eigenvalue weighted by atomic mass is 10.0. The first-order valence-electron chi connectivity index (χ1n) is 4.85. The lowest BCUT2D eigenvalue weighted by Gasteiger charge is -2.17. The first kappa shape index (κ1) is 11.6. The predicted molar refractivity (Wildman–Crippen MR) is 61.3 cm³/mol. The number of aryl methyl sites for hydroxylation is 1. The molecule has 1 aromatic rings. The van der Waals surface area contributed by atoms with Gasteiger partial charge in [-0.15, -0.1) is 0 Å². The zero-order valence-corrected chi connectivity index (χ0v) is 10.7. The van der Waals surface area contributed by atoms with Crippen molar-refractivity contribution in [3.8, 4) is 5.75 Å². The molecule has 0 aliphatic rings. The average Bonchev–Trinajstić information content (AvgIpc) is 2.58. The van der Waals surface area contributed by atoms with Crippen LogP contribution in [0.15, 0.2) is 6.20 Å². The van der Waals surface area contributed by atoms with Crippen molar-refractivity contribution in [3.63, 3.8) is 0 Å². The molecule has 3 nitrogen and oxygen atoms in total. The van der Waals surface area contributed by atoms with Crippen molar-refractivity contribution in [2.24, 2.45) is 0 Å². The van der Waals surface area contributed by atoms with Gasteiger partial charge in [0.1, 0.15) is 0 Å². The third-order valence-electron chi connectivity index (χ3n) is 2.48. The minimum atomic E-state index is 0.396. The molecule has 0 aliphatic heterocycles. The smallest absolute Gasteiger partial charge is 0.160 e. The van der Waals surface area contributed by atoms with E-state index in [0.717, 1.165) is 12.3 Å². The second-order valence-electron chi connectivity index (χ2n) is 3.38. The standard InChI is InChI=1S/C10H17BrN2O/c1-5-13-10(7(2)8(3)11)9(14-4)6-12-13/h6-8H,5H2,1-4H3. The zero-order chi connectivity index (χ0) is 10.7. The highest BCUT2D eigenvalue weighted by molar-refractivity contribution is 9.09. The molecule has 0 amide bonds. The summed E-state index contributed by atoms with van der Waals surface area (Å²) in [7, 11) is 1.69. The largest absolute Gasteiger partial charge is 0.493 e. The monoisotopic (exact) mass is 260 g/mol. The molecule has 4 heteroatoms. The summed E-state index contributed by atoms with van der Waals surface area (Å²) in [4.78, 5) is 0.415. The van der Waals surface area contributed by atoms with Gasteiger partial charge in [0.15, 0.2) is 5.75 Å². The summed E-state index contributed by atoms with van der Waals surface area (Å²) >= 11 is 3.59. The van der Waals surface area contributed by atoms with Crippen molar-refractivity contribution in [3.05, 3.63) is 11.9 Å². The van der Waals surface area contributed by atoms with Gasteiger partial charge < -0.3 is 4.74 Å². The summed E-state index contributed by atoms with van der Waals surface area (Å²) in [6, 6.07) is 0. The van der Waals surface area contributed by atoms with E-state index in [9.17, 15) is 0 Å². The van der Waals surface area contributed by atoms with E-state index in [1.165, 1.54) is 5.69 Å². The third kappa shape index (κ3) is 2.11. The van der Waals surface area contributed by atoms with Crippen molar-refractivity contribution in [1.29, 1.82) is 0 Å². The Balaban J connectivity index is 3.07. The molecule has 1 heterocycles. The van der Waals surface area contributed by atoms with E-state index in [2.05, 4.69) is 41.8 Å². The average molecular weight is 261 g/mol. The molecule has 14 heavy (non-hydrogen) atoms. The topological polar surface area (TPSA) is 27.1 Å². The quantitative estimate of drug-likeness (QED) is 0.779. The lowest BCUT2D eigenvalue weighted by molar-refractivity contribution is 0.402. The highest BCUT2D eigenvalue weighted by Crippen LogP contribution is 2.31. The maximum absolute atomic E-state index is 5.29. The predicted octanol–water partition coefficient (Wildman–Crippen LogP) is 2.80. The number of nitrogens with zero attached hydrogens (tertiary/aromatic N) is 2. The van der Waals surface area contributed by atoms with Crippen LogP contribution in [0.1, 0.15) is 32.4 Å². The normalized spacial score (nSPS) is 15.2. The van der Waals surface area contributed by atoms with Crippen LogP contribution in [-0.4, -0.2) is 21.7 Å². The van der Waals surface area contributed by atoms with Gasteiger partial charge in [-0.25, -0.2) is 0 Å². The number of methoxy groups -OCH3 is 1. The summed E-state index contributed by atoms with van der Waals surface area (Å²) in [5, 5.41) is 4.28. The Labute approximate surface area is 93.6 Å². The van der Waals surface area contributed by atoms with E-state index < -0.39 is 0 Å². The minimum Gasteiger partial charge on any atom is -0.493 e. The molecule has 1 aromatic heterocycles. The molecule has 2 atom stereocenters. The maximum atomic E-state index is 5.29. The first-order chi connectivity index (χ1) is 6.61. The number of ether oxygens (including phenoxy) is 1. The molecule has 0 radical (unpaired) electrons. The fourth-order valence-electron chi connectivity index (χ4n) is 1.46. The SMILES string of the molecule is CCn1ncc(OC)c1C(C)C(C)Br. The van der Waals surface area contributed by atoms with E-state index >= 15 is 0 Å². The van der Waals surface area contributed by atoms with E-state index in [4.69, 9.17) is 4.74 Å². The third-order valence-corrected chi connectivity index (χ3v) is 3.28. The molecule has 0 fully saturated rings. The van der Waals surface area contributed by atoms with Crippen molar-refractivity contribution in [2.45, 2.75) is 38.1 Å². The van der Waals surface area contributed by atoms with Crippen molar-refractivity contribution in [2.75, 3.05) is 7.11 Å². The molecule has 2 unspecified atom stereocenters. The van der Waals surface area contributed by atoms with Gasteiger partial charge in [0.2, 0.25) is 0 Å². The van der Waals surface area contributed by atoms with Gasteiger partial charge in [-0.2, -0.15) is 5.10 Å². The number of halogens is 1. The van der Waals surface area contributed by atoms with Crippen molar-refractivity contribution < 1.29 is 4.74 Å². The number of alkyl halides is 1. The summed E-state index contributed by atoms with van der Waals surface area (Å²) < 4.78 is 7.28. The number of hydrogen-bond donors (Lipinski definition) is 0. The van der Waals surface area contributed by atoms with E-state index in [-0.39, 0.29) is 0 Å². The summed E-state index contributed by atoms with van der Waals surface area (Å²) in [6.45, 7) is 7.27. The molecule has 0 aliphatic carbocycles. The number of rotatable bonds is 4. The summed E-state index contributed by atoms with van der Waals surface area (Å²) in [6.07, 6.45) is 1.78. The van der Waals surface area contributed by atoms with Crippen LogP contribution in [0.3, 0.4) is 0 Å². The second-order valence-corrected chi connectivity index (χ2v) is 4.82. The molecular weight excluding hydrogens is 244 g/mol. The van der Waals surface area contributed by atoms with Gasteiger partial charge in [0.05, 0.1) is 19.0 Å². The Kier molecular flexibility index (Phi) is 3.98. The maximum Gasteiger partial charge on any atom is 0.160 e. The molecule has 0 saturated carbocycles. The highest BCUT2D eigenvalue weighted by atomic mass is 79.9. The Morgan fingerprint density at radius 3 is 2.64 bits per heavy atom. The van der Waals surface area contributed by atoms with Crippen LogP contribution in [0.2, 0.25) is 0 Å². The second kappa shape index (κ2) is 4.82. The van der Waals surface area contributed by atoms with E-state index in [1.807, 2.05) is 4.68 Å². The molecule has 0 aromatic carbocycles. The van der Waals surface area contributed by atoms with Crippen LogP contribution in [-0.2, 0) is 6.54 Å². The van der Waals surface area contributed by atoms with Crippen molar-refractivity contribution >= 4 is 15.9 Å². The van der Waals surface area contributed by atoms with Crippen LogP contribution in [0.25, 0.3) is 0 Å². The van der Waals surface area contributed by atoms with Gasteiger partial charge in [0.25, 0.3) is 0 Å². The molecule has 0 N–H and O–H groups in total. The molecule has 0 bridgehead atoms. The van der Waals surface area contributed by atoms with Crippen LogP contribution in [0.5, 0.6) is 5.75 Å². The van der Waals surface area contributed by atoms with Crippen LogP contribution in [0, 0.1) is 0 Å². The fourth-order valence-corrected chi connectivity index (χ4v) is 1.71. The Morgan fingerprint density at radius 2 is 2.21 bits per heavy atom. The van der Waals surface area contributed by atoms with Gasteiger partial charge in [-0.05, 0) is 6.92 Å². The van der Waals surface area contributed by atoms with E-state index in [0.29, 0.717) is 10.7 Å². The Morgan fingerprint density at radius 1 is 1.57 bits per heavy atom. The molecule has 80 valence electrons. The highest BCUT2D eigenvalue weighted by Gasteiger charge is 2.20. The Bertz CT molecular complexity index is 275. The Hall–Kier alpha value is -0.510. The van der Waals surface area contributed by atoms with Gasteiger partial charge in [-0.3, -0.25) is 4.68 Å². The van der Waals surface area contributed by atoms with Gasteiger partial charge >= 0.3 is 0 Å². The van der Waals surface area contributed by atoms with Gasteiger partial charge in [0, 0.05) is 17.3 Å². The number of hydrogen-bond acceptors (Lipinski definition) is 2.